The molecule has 74 heavy (non-hydrogen) atoms. The Morgan fingerprint density at radius 2 is 0.851 bits per heavy atom. The summed E-state index contributed by atoms with van der Waals surface area (Å²) in [5.41, 5.74) is 0. The van der Waals surface area contributed by atoms with E-state index < -0.39 is 86.8 Å². The molecule has 14 nitrogen and oxygen atoms in total. The lowest BCUT2D eigenvalue weighted by Gasteiger charge is -2.46. The van der Waals surface area contributed by atoms with Crippen molar-refractivity contribution in [2.24, 2.45) is 0 Å². The zero-order valence-electron chi connectivity index (χ0n) is 46.8. The molecule has 0 aliphatic carbocycles. The summed E-state index contributed by atoms with van der Waals surface area (Å²) < 4.78 is 22.7. The summed E-state index contributed by atoms with van der Waals surface area (Å²) in [5, 5.41) is 86.6. The maximum absolute atomic E-state index is 13.2. The van der Waals surface area contributed by atoms with Gasteiger partial charge in [0.2, 0.25) is 5.91 Å². The largest absolute Gasteiger partial charge is 0.394 e. The van der Waals surface area contributed by atoms with Crippen LogP contribution >= 0.6 is 0 Å². The van der Waals surface area contributed by atoms with E-state index in [2.05, 4.69) is 31.3 Å². The predicted molar refractivity (Wildman–Crippen MR) is 295 cm³/mol. The lowest BCUT2D eigenvalue weighted by atomic mass is 9.97. The third-order valence-electron chi connectivity index (χ3n) is 15.1. The number of ether oxygens (including phenoxy) is 4. The van der Waals surface area contributed by atoms with Gasteiger partial charge in [-0.2, -0.15) is 0 Å². The maximum atomic E-state index is 13.2. The number of aliphatic hydroxyl groups excluding tert-OH is 8. The number of aliphatic hydroxyl groups is 8. The predicted octanol–water partition coefficient (Wildman–Crippen LogP) is 10.4. The van der Waals surface area contributed by atoms with Crippen molar-refractivity contribution in [3.8, 4) is 0 Å². The average molecular weight is 1060 g/mol. The summed E-state index contributed by atoms with van der Waals surface area (Å²) in [4.78, 5) is 13.2. The van der Waals surface area contributed by atoms with Gasteiger partial charge in [-0.1, -0.05) is 231 Å². The molecule has 2 aliphatic rings. The van der Waals surface area contributed by atoms with Crippen molar-refractivity contribution in [1.82, 2.24) is 5.32 Å². The Morgan fingerprint density at radius 3 is 1.28 bits per heavy atom. The molecule has 0 spiro atoms. The Hall–Kier alpha value is -1.53. The van der Waals surface area contributed by atoms with E-state index in [-0.39, 0.29) is 18.9 Å². The molecule has 0 radical (unpaired) electrons. The molecule has 0 bridgehead atoms. The molecule has 436 valence electrons. The van der Waals surface area contributed by atoms with Gasteiger partial charge in [0.15, 0.2) is 12.6 Å². The van der Waals surface area contributed by atoms with Crippen LogP contribution < -0.4 is 5.32 Å². The summed E-state index contributed by atoms with van der Waals surface area (Å²) in [7, 11) is 0. The number of hydrogen-bond donors (Lipinski definition) is 9. The molecule has 12 unspecified atom stereocenters. The van der Waals surface area contributed by atoms with E-state index in [0.29, 0.717) is 6.42 Å². The van der Waals surface area contributed by atoms with E-state index in [0.717, 1.165) is 51.4 Å². The fourth-order valence-electron chi connectivity index (χ4n) is 10.2. The van der Waals surface area contributed by atoms with Crippen LogP contribution in [0.15, 0.2) is 24.3 Å². The second kappa shape index (κ2) is 46.4. The van der Waals surface area contributed by atoms with Crippen molar-refractivity contribution >= 4 is 5.91 Å². The van der Waals surface area contributed by atoms with Crippen LogP contribution in [0.1, 0.15) is 258 Å². The second-order valence-electron chi connectivity index (χ2n) is 21.8. The number of allylic oxidation sites excluding steroid dienone is 3. The zero-order chi connectivity index (χ0) is 53.9. The van der Waals surface area contributed by atoms with Crippen LogP contribution in [0, 0.1) is 0 Å². The van der Waals surface area contributed by atoms with Gasteiger partial charge < -0.3 is 65.1 Å². The molecule has 2 fully saturated rings. The van der Waals surface area contributed by atoms with Gasteiger partial charge >= 0.3 is 0 Å². The van der Waals surface area contributed by atoms with Crippen LogP contribution in [0.4, 0.5) is 0 Å². The molecule has 12 atom stereocenters. The fourth-order valence-corrected chi connectivity index (χ4v) is 10.2. The maximum Gasteiger partial charge on any atom is 0.220 e. The first-order valence-corrected chi connectivity index (χ1v) is 30.6. The van der Waals surface area contributed by atoms with E-state index in [4.69, 9.17) is 18.9 Å². The number of hydrogen-bond acceptors (Lipinski definition) is 13. The van der Waals surface area contributed by atoms with E-state index in [1.54, 1.807) is 6.08 Å². The summed E-state index contributed by atoms with van der Waals surface area (Å²) in [6.07, 6.45) is 38.7. The van der Waals surface area contributed by atoms with Crippen LogP contribution in [-0.4, -0.2) is 140 Å². The highest BCUT2D eigenvalue weighted by atomic mass is 16.7. The highest BCUT2D eigenvalue weighted by Gasteiger charge is 2.51. The van der Waals surface area contributed by atoms with Gasteiger partial charge in [0.25, 0.3) is 0 Å². The van der Waals surface area contributed by atoms with Crippen LogP contribution in [0.5, 0.6) is 0 Å². The average Bonchev–Trinajstić information content (AvgIpc) is 3.40. The van der Waals surface area contributed by atoms with Gasteiger partial charge in [0.1, 0.15) is 48.8 Å². The van der Waals surface area contributed by atoms with Gasteiger partial charge in [-0.15, -0.1) is 0 Å². The summed E-state index contributed by atoms with van der Waals surface area (Å²) in [5.74, 6) is -0.240. The Kier molecular flexibility index (Phi) is 43.0. The van der Waals surface area contributed by atoms with Crippen LogP contribution in [0.25, 0.3) is 0 Å². The molecule has 2 saturated heterocycles. The number of carbonyl (C=O) groups excluding carboxylic acids is 1. The minimum Gasteiger partial charge on any atom is -0.394 e. The van der Waals surface area contributed by atoms with Crippen LogP contribution in [0.2, 0.25) is 0 Å². The number of amides is 1. The first-order chi connectivity index (χ1) is 36.1. The molecule has 9 N–H and O–H groups in total. The molecule has 14 heteroatoms. The molecule has 2 aliphatic heterocycles. The van der Waals surface area contributed by atoms with Gasteiger partial charge in [0, 0.05) is 6.42 Å². The smallest absolute Gasteiger partial charge is 0.220 e. The summed E-state index contributed by atoms with van der Waals surface area (Å²) in [6, 6.07) is -0.908. The minimum atomic E-state index is -1.78. The van der Waals surface area contributed by atoms with E-state index in [1.807, 2.05) is 6.08 Å². The van der Waals surface area contributed by atoms with E-state index in [9.17, 15) is 45.6 Å². The van der Waals surface area contributed by atoms with Gasteiger partial charge in [0.05, 0.1) is 32.0 Å². The summed E-state index contributed by atoms with van der Waals surface area (Å²) in [6.45, 7) is 2.74. The number of carbonyl (C=O) groups is 1. The standard InChI is InChI=1S/C60H113NO13/c1-3-5-7-9-11-12-13-14-15-16-17-18-19-20-21-22-23-24-25-26-27-28-29-30-31-32-33-34-35-36-38-40-42-44-52(65)61-48(49(64)43-41-39-37-10-8-6-4-2)47-71-59-57(70)55(68)58(51(46-63)73-59)74-60-56(69)54(67)53(66)50(45-62)72-60/h16-17,41,43,48-51,53-60,62-64,66-70H,3-15,18-40,42,44-47H2,1-2H3,(H,61,65)/b17-16-,43-41+. The highest BCUT2D eigenvalue weighted by molar-refractivity contribution is 5.76. The fraction of sp³-hybridized carbons (Fsp3) is 0.917. The monoisotopic (exact) mass is 1060 g/mol. The molecular formula is C60H113NO13. The number of rotatable bonds is 49. The minimum absolute atomic E-state index is 0.240. The third kappa shape index (κ3) is 31.8. The lowest BCUT2D eigenvalue weighted by Crippen LogP contribution is -2.65. The Bertz CT molecular complexity index is 1340. The molecule has 1 amide bonds. The van der Waals surface area contributed by atoms with Gasteiger partial charge in [-0.05, 0) is 44.9 Å². The third-order valence-corrected chi connectivity index (χ3v) is 15.1. The van der Waals surface area contributed by atoms with Crippen molar-refractivity contribution < 1.29 is 64.6 Å². The quantitative estimate of drug-likeness (QED) is 0.0204. The second-order valence-corrected chi connectivity index (χ2v) is 21.8. The van der Waals surface area contributed by atoms with Crippen molar-refractivity contribution in [1.29, 1.82) is 0 Å². The van der Waals surface area contributed by atoms with Crippen molar-refractivity contribution in [3.05, 3.63) is 24.3 Å². The Balaban J connectivity index is 1.55. The lowest BCUT2D eigenvalue weighted by molar-refractivity contribution is -0.359. The summed E-state index contributed by atoms with van der Waals surface area (Å²) >= 11 is 0. The molecule has 0 saturated carbocycles. The number of nitrogens with one attached hydrogen (secondary N) is 1. The highest BCUT2D eigenvalue weighted by Crippen LogP contribution is 2.30. The van der Waals surface area contributed by atoms with E-state index >= 15 is 0 Å². The van der Waals surface area contributed by atoms with Crippen molar-refractivity contribution in [2.75, 3.05) is 19.8 Å². The molecule has 0 aromatic carbocycles. The first-order valence-electron chi connectivity index (χ1n) is 30.6. The number of unbranched alkanes of at least 4 members (excludes halogenated alkanes) is 34. The molecule has 2 heterocycles. The molecular weight excluding hydrogens is 943 g/mol. The molecule has 0 aromatic rings. The molecule has 2 rings (SSSR count). The zero-order valence-corrected chi connectivity index (χ0v) is 46.8. The first kappa shape index (κ1) is 68.6. The van der Waals surface area contributed by atoms with Gasteiger partial charge in [-0.3, -0.25) is 4.79 Å². The van der Waals surface area contributed by atoms with Crippen LogP contribution in [0.3, 0.4) is 0 Å². The van der Waals surface area contributed by atoms with Crippen molar-refractivity contribution in [2.45, 2.75) is 331 Å². The van der Waals surface area contributed by atoms with Crippen LogP contribution in [-0.2, 0) is 23.7 Å². The SMILES string of the molecule is CCCCCCC/C=C/C(O)C(COC1OC(CO)C(OC2OC(CO)C(O)C(O)C2O)C(O)C1O)NC(=O)CCCCCCCCCCCCCCCCCCCCCCC/C=C\CCCCCCCCCC. The Labute approximate surface area is 449 Å². The van der Waals surface area contributed by atoms with Gasteiger partial charge in [-0.25, -0.2) is 0 Å². The van der Waals surface area contributed by atoms with Crippen molar-refractivity contribution in [3.63, 3.8) is 0 Å². The Morgan fingerprint density at radius 1 is 0.473 bits per heavy atom. The van der Waals surface area contributed by atoms with E-state index in [1.165, 1.54) is 180 Å². The topological polar surface area (TPSA) is 228 Å². The normalized spacial score (nSPS) is 25.3. The molecule has 0 aromatic heterocycles.